The number of aromatic nitrogens is 2. The van der Waals surface area contributed by atoms with Crippen molar-refractivity contribution in [3.05, 3.63) is 36.0 Å². The summed E-state index contributed by atoms with van der Waals surface area (Å²) in [7, 11) is 1.95. The van der Waals surface area contributed by atoms with E-state index in [-0.39, 0.29) is 0 Å². The Morgan fingerprint density at radius 3 is 2.61 bits per heavy atom. The third-order valence-electron chi connectivity index (χ3n) is 2.79. The molecule has 18 heavy (non-hydrogen) atoms. The van der Waals surface area contributed by atoms with Gasteiger partial charge in [0.15, 0.2) is 0 Å². The average molecular weight is 245 g/mol. The van der Waals surface area contributed by atoms with Gasteiger partial charge in [0.1, 0.15) is 5.75 Å². The van der Waals surface area contributed by atoms with Gasteiger partial charge in [-0.3, -0.25) is 4.68 Å². The van der Waals surface area contributed by atoms with Crippen LogP contribution in [0, 0.1) is 0 Å². The Kier molecular flexibility index (Phi) is 3.99. The fraction of sp³-hybridized carbons (Fsp3) is 0.357. The Labute approximate surface area is 107 Å². The first kappa shape index (κ1) is 12.6. The van der Waals surface area contributed by atoms with E-state index in [9.17, 15) is 0 Å². The first-order valence-corrected chi connectivity index (χ1v) is 6.20. The standard InChI is InChI=1S/C14H19N3O/c1-3-18-13-6-4-11(5-7-13)14-10-12(8-9-15)16-17(14)2/h4-7,10H,3,8-9,15H2,1-2H3. The van der Waals surface area contributed by atoms with Crippen LogP contribution >= 0.6 is 0 Å². The molecule has 0 unspecified atom stereocenters. The molecule has 0 saturated carbocycles. The molecule has 4 nitrogen and oxygen atoms in total. The van der Waals surface area contributed by atoms with Crippen molar-refractivity contribution in [2.24, 2.45) is 12.8 Å². The maximum atomic E-state index is 5.55. The van der Waals surface area contributed by atoms with Crippen molar-refractivity contribution in [1.29, 1.82) is 0 Å². The number of ether oxygens (including phenoxy) is 1. The number of hydrogen-bond acceptors (Lipinski definition) is 3. The summed E-state index contributed by atoms with van der Waals surface area (Å²) in [6.07, 6.45) is 0.810. The second-order valence-corrected chi connectivity index (χ2v) is 4.14. The molecule has 1 aromatic heterocycles. The van der Waals surface area contributed by atoms with Crippen LogP contribution in [0.15, 0.2) is 30.3 Å². The highest BCUT2D eigenvalue weighted by atomic mass is 16.5. The minimum Gasteiger partial charge on any atom is -0.494 e. The van der Waals surface area contributed by atoms with Crippen LogP contribution in [-0.4, -0.2) is 22.9 Å². The molecular weight excluding hydrogens is 226 g/mol. The number of rotatable bonds is 5. The maximum absolute atomic E-state index is 5.55. The SMILES string of the molecule is CCOc1ccc(-c2cc(CCN)nn2C)cc1. The Balaban J connectivity index is 2.24. The van der Waals surface area contributed by atoms with Gasteiger partial charge in [-0.2, -0.15) is 5.10 Å². The van der Waals surface area contributed by atoms with Crippen molar-refractivity contribution in [3.8, 4) is 17.0 Å². The van der Waals surface area contributed by atoms with E-state index in [1.54, 1.807) is 0 Å². The van der Waals surface area contributed by atoms with E-state index in [1.807, 2.05) is 42.9 Å². The quantitative estimate of drug-likeness (QED) is 0.876. The Hall–Kier alpha value is -1.81. The normalized spacial score (nSPS) is 10.6. The molecule has 96 valence electrons. The van der Waals surface area contributed by atoms with Crippen molar-refractivity contribution >= 4 is 0 Å². The van der Waals surface area contributed by atoms with E-state index >= 15 is 0 Å². The molecule has 0 atom stereocenters. The van der Waals surface area contributed by atoms with E-state index in [1.165, 1.54) is 0 Å². The monoisotopic (exact) mass is 245 g/mol. The Bertz CT molecular complexity index is 502. The van der Waals surface area contributed by atoms with Gasteiger partial charge in [0, 0.05) is 19.0 Å². The van der Waals surface area contributed by atoms with Gasteiger partial charge in [-0.05, 0) is 43.8 Å². The summed E-state index contributed by atoms with van der Waals surface area (Å²) >= 11 is 0. The highest BCUT2D eigenvalue weighted by Gasteiger charge is 2.07. The first-order chi connectivity index (χ1) is 8.74. The molecule has 0 spiro atoms. The van der Waals surface area contributed by atoms with Crippen LogP contribution in [-0.2, 0) is 13.5 Å². The van der Waals surface area contributed by atoms with E-state index in [0.29, 0.717) is 13.2 Å². The first-order valence-electron chi connectivity index (χ1n) is 6.20. The largest absolute Gasteiger partial charge is 0.494 e. The molecule has 2 rings (SSSR count). The van der Waals surface area contributed by atoms with Crippen LogP contribution in [0.3, 0.4) is 0 Å². The van der Waals surface area contributed by atoms with Crippen LogP contribution in [0.25, 0.3) is 11.3 Å². The lowest BCUT2D eigenvalue weighted by molar-refractivity contribution is 0.340. The average Bonchev–Trinajstić information content (AvgIpc) is 2.72. The van der Waals surface area contributed by atoms with E-state index in [4.69, 9.17) is 10.5 Å². The van der Waals surface area contributed by atoms with Crippen molar-refractivity contribution < 1.29 is 4.74 Å². The number of nitrogens with zero attached hydrogens (tertiary/aromatic N) is 2. The summed E-state index contributed by atoms with van der Waals surface area (Å²) in [5.74, 6) is 0.894. The minimum absolute atomic E-state index is 0.625. The summed E-state index contributed by atoms with van der Waals surface area (Å²) in [5, 5.41) is 4.44. The third-order valence-corrected chi connectivity index (χ3v) is 2.79. The molecule has 1 heterocycles. The summed E-state index contributed by atoms with van der Waals surface area (Å²) in [4.78, 5) is 0. The molecular formula is C14H19N3O. The van der Waals surface area contributed by atoms with Crippen molar-refractivity contribution in [1.82, 2.24) is 9.78 Å². The topological polar surface area (TPSA) is 53.1 Å². The minimum atomic E-state index is 0.625. The zero-order valence-corrected chi connectivity index (χ0v) is 10.9. The van der Waals surface area contributed by atoms with Gasteiger partial charge in [0.25, 0.3) is 0 Å². The van der Waals surface area contributed by atoms with E-state index in [2.05, 4.69) is 11.2 Å². The summed E-state index contributed by atoms with van der Waals surface area (Å²) < 4.78 is 7.32. The Morgan fingerprint density at radius 1 is 1.28 bits per heavy atom. The third kappa shape index (κ3) is 2.71. The second kappa shape index (κ2) is 5.69. The highest BCUT2D eigenvalue weighted by Crippen LogP contribution is 2.22. The summed E-state index contributed by atoms with van der Waals surface area (Å²) in [6, 6.07) is 10.1. The van der Waals surface area contributed by atoms with Crippen molar-refractivity contribution in [2.75, 3.05) is 13.2 Å². The van der Waals surface area contributed by atoms with Crippen LogP contribution in [0.5, 0.6) is 5.75 Å². The highest BCUT2D eigenvalue weighted by molar-refractivity contribution is 5.61. The fourth-order valence-corrected chi connectivity index (χ4v) is 1.96. The van der Waals surface area contributed by atoms with Gasteiger partial charge in [-0.25, -0.2) is 0 Å². The van der Waals surface area contributed by atoms with Gasteiger partial charge >= 0.3 is 0 Å². The van der Waals surface area contributed by atoms with Gasteiger partial charge in [0.05, 0.1) is 18.0 Å². The predicted molar refractivity (Wildman–Crippen MR) is 72.6 cm³/mol. The molecule has 0 fully saturated rings. The fourth-order valence-electron chi connectivity index (χ4n) is 1.96. The van der Waals surface area contributed by atoms with Crippen molar-refractivity contribution in [3.63, 3.8) is 0 Å². The molecule has 4 heteroatoms. The predicted octanol–water partition coefficient (Wildman–Crippen LogP) is 1.99. The zero-order chi connectivity index (χ0) is 13.0. The molecule has 0 aliphatic heterocycles. The molecule has 2 aromatic rings. The van der Waals surface area contributed by atoms with Gasteiger partial charge in [-0.15, -0.1) is 0 Å². The number of benzene rings is 1. The van der Waals surface area contributed by atoms with Gasteiger partial charge in [-0.1, -0.05) is 0 Å². The van der Waals surface area contributed by atoms with Crippen molar-refractivity contribution in [2.45, 2.75) is 13.3 Å². The molecule has 0 saturated heterocycles. The number of nitrogens with two attached hydrogens (primary N) is 1. The Morgan fingerprint density at radius 2 is 2.00 bits per heavy atom. The molecule has 0 radical (unpaired) electrons. The number of hydrogen-bond donors (Lipinski definition) is 1. The van der Waals surface area contributed by atoms with Crippen LogP contribution in [0.2, 0.25) is 0 Å². The lowest BCUT2D eigenvalue weighted by Gasteiger charge is -2.05. The molecule has 0 aliphatic rings. The lowest BCUT2D eigenvalue weighted by atomic mass is 10.1. The maximum Gasteiger partial charge on any atom is 0.119 e. The summed E-state index contributed by atoms with van der Waals surface area (Å²) in [6.45, 7) is 3.29. The van der Waals surface area contributed by atoms with Gasteiger partial charge < -0.3 is 10.5 Å². The molecule has 0 bridgehead atoms. The van der Waals surface area contributed by atoms with Crippen LogP contribution < -0.4 is 10.5 Å². The van der Waals surface area contributed by atoms with Crippen LogP contribution in [0.1, 0.15) is 12.6 Å². The molecule has 0 aliphatic carbocycles. The van der Waals surface area contributed by atoms with Gasteiger partial charge in [0.2, 0.25) is 0 Å². The second-order valence-electron chi connectivity index (χ2n) is 4.14. The summed E-state index contributed by atoms with van der Waals surface area (Å²) in [5.41, 5.74) is 8.81. The van der Waals surface area contributed by atoms with Crippen LogP contribution in [0.4, 0.5) is 0 Å². The smallest absolute Gasteiger partial charge is 0.119 e. The zero-order valence-electron chi connectivity index (χ0n) is 10.9. The lowest BCUT2D eigenvalue weighted by Crippen LogP contribution is -2.03. The molecule has 2 N–H and O–H groups in total. The van der Waals surface area contributed by atoms with E-state index < -0.39 is 0 Å². The van der Waals surface area contributed by atoms with E-state index in [0.717, 1.165) is 29.1 Å². The molecule has 1 aromatic carbocycles. The molecule has 0 amide bonds. The number of aryl methyl sites for hydroxylation is 1.